The fourth-order valence-electron chi connectivity index (χ4n) is 3.93. The summed E-state index contributed by atoms with van der Waals surface area (Å²) in [5.41, 5.74) is 12.4. The largest absolute Gasteiger partial charge is 0.493 e. The number of benzene rings is 1. The monoisotopic (exact) mass is 353 g/mol. The molecule has 0 radical (unpaired) electrons. The lowest BCUT2D eigenvalue weighted by Crippen LogP contribution is -2.30. The first-order valence-corrected chi connectivity index (χ1v) is 8.61. The summed E-state index contributed by atoms with van der Waals surface area (Å²) in [6, 6.07) is 4.09. The molecule has 3 rings (SSSR count). The van der Waals surface area contributed by atoms with E-state index in [0.717, 1.165) is 37.5 Å². The molecule has 132 valence electrons. The zero-order valence-electron chi connectivity index (χ0n) is 13.8. The number of nitrogens with two attached hydrogens (primary N) is 2. The molecule has 0 spiro atoms. The maximum Gasteiger partial charge on any atom is 0.255 e. The van der Waals surface area contributed by atoms with Gasteiger partial charge in [0.25, 0.3) is 5.91 Å². The number of primary amides is 1. The van der Waals surface area contributed by atoms with Crippen LogP contribution in [0.1, 0.15) is 18.4 Å². The van der Waals surface area contributed by atoms with Gasteiger partial charge in [-0.3, -0.25) is 9.69 Å². The highest BCUT2D eigenvalue weighted by Crippen LogP contribution is 2.40. The minimum Gasteiger partial charge on any atom is -0.493 e. The lowest BCUT2D eigenvalue weighted by molar-refractivity contribution is -0.119. The smallest absolute Gasteiger partial charge is 0.255 e. The van der Waals surface area contributed by atoms with Crippen molar-refractivity contribution in [1.82, 2.24) is 4.90 Å². The van der Waals surface area contributed by atoms with Crippen LogP contribution in [0, 0.1) is 11.8 Å². The van der Waals surface area contributed by atoms with Gasteiger partial charge < -0.3 is 20.9 Å². The predicted molar refractivity (Wildman–Crippen MR) is 92.2 cm³/mol. The van der Waals surface area contributed by atoms with Crippen molar-refractivity contribution in [2.75, 3.05) is 26.8 Å². The van der Waals surface area contributed by atoms with Crippen LogP contribution in [0.15, 0.2) is 12.1 Å². The number of rotatable bonds is 6. The van der Waals surface area contributed by atoms with E-state index < -0.39 is 5.91 Å². The molecule has 4 N–H and O–H groups in total. The lowest BCUT2D eigenvalue weighted by Gasteiger charge is -2.20. The van der Waals surface area contributed by atoms with Crippen LogP contribution in [0.2, 0.25) is 5.02 Å². The molecular formula is C17H24ClN3O3. The normalized spacial score (nSPS) is 26.4. The molecule has 2 fully saturated rings. The number of hydrogen-bond acceptors (Lipinski definition) is 5. The maximum atomic E-state index is 10.9. The highest BCUT2D eigenvalue weighted by atomic mass is 35.5. The fraction of sp³-hybridized carbons (Fsp3) is 0.588. The van der Waals surface area contributed by atoms with Gasteiger partial charge >= 0.3 is 0 Å². The van der Waals surface area contributed by atoms with Crippen molar-refractivity contribution in [2.24, 2.45) is 23.3 Å². The van der Waals surface area contributed by atoms with Gasteiger partial charge in [0.2, 0.25) is 0 Å². The average Bonchev–Trinajstić information content (AvgIpc) is 3.07. The van der Waals surface area contributed by atoms with E-state index in [2.05, 4.69) is 4.90 Å². The lowest BCUT2D eigenvalue weighted by atomic mass is 9.98. The second kappa shape index (κ2) is 7.17. The predicted octanol–water partition coefficient (Wildman–Crippen LogP) is 1.38. The molecule has 1 aliphatic heterocycles. The van der Waals surface area contributed by atoms with E-state index in [4.69, 9.17) is 32.5 Å². The first-order chi connectivity index (χ1) is 11.5. The van der Waals surface area contributed by atoms with Crippen LogP contribution < -0.4 is 20.9 Å². The molecule has 1 aromatic carbocycles. The third-order valence-electron chi connectivity index (χ3n) is 5.04. The Bertz CT molecular complexity index is 625. The van der Waals surface area contributed by atoms with Crippen LogP contribution >= 0.6 is 11.6 Å². The Kier molecular flexibility index (Phi) is 5.18. The first-order valence-electron chi connectivity index (χ1n) is 8.23. The number of hydrogen-bond donors (Lipinski definition) is 2. The Labute approximate surface area is 147 Å². The second-order valence-corrected chi connectivity index (χ2v) is 7.13. The Morgan fingerprint density at radius 3 is 2.83 bits per heavy atom. The van der Waals surface area contributed by atoms with E-state index in [0.29, 0.717) is 28.5 Å². The van der Waals surface area contributed by atoms with Crippen molar-refractivity contribution in [3.8, 4) is 11.5 Å². The van der Waals surface area contributed by atoms with Crippen LogP contribution in [0.4, 0.5) is 0 Å². The van der Waals surface area contributed by atoms with Gasteiger partial charge in [-0.15, -0.1) is 0 Å². The number of likely N-dealkylation sites (tertiary alicyclic amines) is 1. The van der Waals surface area contributed by atoms with Gasteiger partial charge in [-0.25, -0.2) is 0 Å². The molecule has 1 amide bonds. The number of amides is 1. The molecule has 24 heavy (non-hydrogen) atoms. The fourth-order valence-corrected chi connectivity index (χ4v) is 4.22. The highest BCUT2D eigenvalue weighted by molar-refractivity contribution is 6.32. The number of carbonyl (C=O) groups excluding carboxylic acids is 1. The van der Waals surface area contributed by atoms with Crippen LogP contribution in [0.5, 0.6) is 11.5 Å². The van der Waals surface area contributed by atoms with E-state index in [1.54, 1.807) is 7.11 Å². The van der Waals surface area contributed by atoms with Crippen molar-refractivity contribution < 1.29 is 14.3 Å². The van der Waals surface area contributed by atoms with Crippen LogP contribution in [-0.4, -0.2) is 43.7 Å². The molecular weight excluding hydrogens is 330 g/mol. The minimum atomic E-state index is -0.558. The zero-order chi connectivity index (χ0) is 17.3. The molecule has 1 aliphatic carbocycles. The SMILES string of the molecule is COc1cc(CN2CC3CCC(N)C3C2)cc(Cl)c1OCC(N)=O. The molecule has 1 saturated heterocycles. The summed E-state index contributed by atoms with van der Waals surface area (Å²) in [6.45, 7) is 2.68. The molecule has 3 unspecified atom stereocenters. The van der Waals surface area contributed by atoms with Gasteiger partial charge in [-0.1, -0.05) is 11.6 Å². The zero-order valence-corrected chi connectivity index (χ0v) is 14.6. The summed E-state index contributed by atoms with van der Waals surface area (Å²) in [7, 11) is 1.55. The average molecular weight is 354 g/mol. The third-order valence-corrected chi connectivity index (χ3v) is 5.32. The summed E-state index contributed by atoms with van der Waals surface area (Å²) in [5, 5.41) is 0.418. The number of ether oxygens (including phenoxy) is 2. The van der Waals surface area contributed by atoms with Crippen molar-refractivity contribution in [3.05, 3.63) is 22.7 Å². The molecule has 1 saturated carbocycles. The van der Waals surface area contributed by atoms with Gasteiger partial charge in [0, 0.05) is 25.7 Å². The van der Waals surface area contributed by atoms with Crippen molar-refractivity contribution >= 4 is 17.5 Å². The number of methoxy groups -OCH3 is 1. The highest BCUT2D eigenvalue weighted by Gasteiger charge is 2.40. The van der Waals surface area contributed by atoms with Gasteiger partial charge in [0.15, 0.2) is 18.1 Å². The maximum absolute atomic E-state index is 10.9. The summed E-state index contributed by atoms with van der Waals surface area (Å²) < 4.78 is 10.7. The van der Waals surface area contributed by atoms with E-state index in [1.165, 1.54) is 6.42 Å². The number of nitrogens with zero attached hydrogens (tertiary/aromatic N) is 1. The summed E-state index contributed by atoms with van der Waals surface area (Å²) in [6.07, 6.45) is 2.38. The van der Waals surface area contributed by atoms with Crippen LogP contribution in [-0.2, 0) is 11.3 Å². The van der Waals surface area contributed by atoms with E-state index in [9.17, 15) is 4.79 Å². The molecule has 0 bridgehead atoms. The molecule has 3 atom stereocenters. The van der Waals surface area contributed by atoms with Gasteiger partial charge in [0.1, 0.15) is 0 Å². The van der Waals surface area contributed by atoms with Gasteiger partial charge in [0.05, 0.1) is 12.1 Å². The molecule has 1 heterocycles. The standard InChI is InChI=1S/C17H24ClN3O3/c1-23-15-5-10(4-13(18)17(15)24-9-16(20)22)6-21-7-11-2-3-14(19)12(11)8-21/h4-5,11-12,14H,2-3,6-9,19H2,1H3,(H2,20,22). The Balaban J connectivity index is 1.70. The molecule has 0 aromatic heterocycles. The second-order valence-electron chi connectivity index (χ2n) is 6.72. The Hall–Kier alpha value is -1.50. The first kappa shape index (κ1) is 17.3. The number of carbonyl (C=O) groups is 1. The van der Waals surface area contributed by atoms with Crippen LogP contribution in [0.3, 0.4) is 0 Å². The number of halogens is 1. The topological polar surface area (TPSA) is 90.8 Å². The quantitative estimate of drug-likeness (QED) is 0.806. The van der Waals surface area contributed by atoms with E-state index >= 15 is 0 Å². The molecule has 2 aliphatic rings. The molecule has 7 heteroatoms. The summed E-state index contributed by atoms with van der Waals surface area (Å²) >= 11 is 6.31. The third kappa shape index (κ3) is 3.61. The molecule has 1 aromatic rings. The molecule has 6 nitrogen and oxygen atoms in total. The Morgan fingerprint density at radius 1 is 1.38 bits per heavy atom. The van der Waals surface area contributed by atoms with E-state index in [-0.39, 0.29) is 6.61 Å². The van der Waals surface area contributed by atoms with Gasteiger partial charge in [-0.2, -0.15) is 0 Å². The Morgan fingerprint density at radius 2 is 2.17 bits per heavy atom. The van der Waals surface area contributed by atoms with Crippen LogP contribution in [0.25, 0.3) is 0 Å². The van der Waals surface area contributed by atoms with Gasteiger partial charge in [-0.05, 0) is 42.4 Å². The summed E-state index contributed by atoms with van der Waals surface area (Å²) in [5.74, 6) is 1.63. The van der Waals surface area contributed by atoms with E-state index in [1.807, 2.05) is 12.1 Å². The number of fused-ring (bicyclic) bond motifs is 1. The minimum absolute atomic E-state index is 0.233. The summed E-state index contributed by atoms with van der Waals surface area (Å²) in [4.78, 5) is 13.3. The van der Waals surface area contributed by atoms with Crippen molar-refractivity contribution in [3.63, 3.8) is 0 Å². The van der Waals surface area contributed by atoms with Crippen molar-refractivity contribution in [2.45, 2.75) is 25.4 Å². The van der Waals surface area contributed by atoms with Crippen molar-refractivity contribution in [1.29, 1.82) is 0 Å².